The standard InChI is InChI=1S/C11H7ClN2OS/c12-10-2-1-3-11(9(10)4-13)15-6-8-5-14-7-16-8/h1-3,5,7H,6H2. The number of hydrogen-bond acceptors (Lipinski definition) is 4. The molecule has 0 aliphatic carbocycles. The van der Waals surface area contributed by atoms with Crippen molar-refractivity contribution in [1.82, 2.24) is 4.98 Å². The normalized spacial score (nSPS) is 9.75. The Balaban J connectivity index is 2.16. The third kappa shape index (κ3) is 2.32. The Morgan fingerprint density at radius 2 is 2.38 bits per heavy atom. The van der Waals surface area contributed by atoms with Crippen LogP contribution in [0, 0.1) is 11.3 Å². The number of halogens is 1. The van der Waals surface area contributed by atoms with Gasteiger partial charge in [-0.3, -0.25) is 4.98 Å². The second-order valence-electron chi connectivity index (χ2n) is 2.98. The number of benzene rings is 1. The predicted molar refractivity (Wildman–Crippen MR) is 62.6 cm³/mol. The topological polar surface area (TPSA) is 45.9 Å². The summed E-state index contributed by atoms with van der Waals surface area (Å²) in [6.45, 7) is 0.402. The van der Waals surface area contributed by atoms with Gasteiger partial charge < -0.3 is 4.74 Å². The number of hydrogen-bond donors (Lipinski definition) is 0. The second-order valence-corrected chi connectivity index (χ2v) is 4.36. The van der Waals surface area contributed by atoms with Crippen LogP contribution in [-0.2, 0) is 6.61 Å². The molecule has 0 amide bonds. The lowest BCUT2D eigenvalue weighted by atomic mass is 10.2. The Morgan fingerprint density at radius 3 is 3.06 bits per heavy atom. The van der Waals surface area contributed by atoms with E-state index >= 15 is 0 Å². The molecule has 0 aliphatic heterocycles. The van der Waals surface area contributed by atoms with Crippen LogP contribution in [0.4, 0.5) is 0 Å². The molecule has 0 atom stereocenters. The average molecular weight is 251 g/mol. The van der Waals surface area contributed by atoms with Crippen LogP contribution in [0.5, 0.6) is 5.75 Å². The van der Waals surface area contributed by atoms with Crippen LogP contribution in [-0.4, -0.2) is 4.98 Å². The highest BCUT2D eigenvalue weighted by atomic mass is 35.5. The molecule has 3 nitrogen and oxygen atoms in total. The fraction of sp³-hybridized carbons (Fsp3) is 0.0909. The predicted octanol–water partition coefficient (Wildman–Crippen LogP) is 3.25. The van der Waals surface area contributed by atoms with Gasteiger partial charge in [-0.15, -0.1) is 11.3 Å². The van der Waals surface area contributed by atoms with Gasteiger partial charge in [-0.2, -0.15) is 5.26 Å². The highest BCUT2D eigenvalue weighted by Gasteiger charge is 2.07. The van der Waals surface area contributed by atoms with E-state index in [-0.39, 0.29) is 0 Å². The molecule has 16 heavy (non-hydrogen) atoms. The molecule has 2 rings (SSSR count). The Bertz CT molecular complexity index is 519. The maximum absolute atomic E-state index is 8.93. The summed E-state index contributed by atoms with van der Waals surface area (Å²) in [5.74, 6) is 0.503. The lowest BCUT2D eigenvalue weighted by molar-refractivity contribution is 0.308. The third-order valence-electron chi connectivity index (χ3n) is 1.94. The van der Waals surface area contributed by atoms with E-state index in [2.05, 4.69) is 4.98 Å². The zero-order chi connectivity index (χ0) is 11.4. The highest BCUT2D eigenvalue weighted by Crippen LogP contribution is 2.26. The summed E-state index contributed by atoms with van der Waals surface area (Å²) in [7, 11) is 0. The first kappa shape index (κ1) is 10.9. The number of nitriles is 1. The molecule has 0 fully saturated rings. The molecule has 0 N–H and O–H groups in total. The van der Waals surface area contributed by atoms with Gasteiger partial charge in [0.25, 0.3) is 0 Å². The van der Waals surface area contributed by atoms with Gasteiger partial charge in [0.2, 0.25) is 0 Å². The molecule has 5 heteroatoms. The largest absolute Gasteiger partial charge is 0.487 e. The molecule has 1 aromatic carbocycles. The fourth-order valence-corrected chi connectivity index (χ4v) is 1.91. The molecular formula is C11H7ClN2OS. The summed E-state index contributed by atoms with van der Waals surface area (Å²) in [4.78, 5) is 4.95. The van der Waals surface area contributed by atoms with Crippen LogP contribution in [0.25, 0.3) is 0 Å². The number of rotatable bonds is 3. The minimum Gasteiger partial charge on any atom is -0.487 e. The van der Waals surface area contributed by atoms with Crippen LogP contribution in [0.3, 0.4) is 0 Å². The second kappa shape index (κ2) is 4.97. The SMILES string of the molecule is N#Cc1c(Cl)cccc1OCc1cncs1. The first-order valence-electron chi connectivity index (χ1n) is 4.50. The first-order valence-corrected chi connectivity index (χ1v) is 5.76. The van der Waals surface area contributed by atoms with E-state index in [1.165, 1.54) is 11.3 Å². The van der Waals surface area contributed by atoms with Gasteiger partial charge in [-0.25, -0.2) is 0 Å². The minimum atomic E-state index is 0.369. The minimum absolute atomic E-state index is 0.369. The van der Waals surface area contributed by atoms with Crippen molar-refractivity contribution in [1.29, 1.82) is 5.26 Å². The Morgan fingerprint density at radius 1 is 1.50 bits per heavy atom. The maximum Gasteiger partial charge on any atom is 0.139 e. The smallest absolute Gasteiger partial charge is 0.139 e. The van der Waals surface area contributed by atoms with Crippen molar-refractivity contribution in [3.05, 3.63) is 45.4 Å². The summed E-state index contributed by atoms with van der Waals surface area (Å²) in [5, 5.41) is 9.34. The maximum atomic E-state index is 8.93. The van der Waals surface area contributed by atoms with Crippen molar-refractivity contribution < 1.29 is 4.74 Å². The van der Waals surface area contributed by atoms with Gasteiger partial charge >= 0.3 is 0 Å². The lowest BCUT2D eigenvalue weighted by Crippen LogP contribution is -1.95. The molecule has 0 radical (unpaired) electrons. The number of aromatic nitrogens is 1. The van der Waals surface area contributed by atoms with Gasteiger partial charge in [0, 0.05) is 6.20 Å². The molecule has 80 valence electrons. The summed E-state index contributed by atoms with van der Waals surface area (Å²) >= 11 is 7.39. The van der Waals surface area contributed by atoms with Crippen LogP contribution in [0.1, 0.15) is 10.4 Å². The van der Waals surface area contributed by atoms with Gasteiger partial charge in [0.1, 0.15) is 24.0 Å². The Labute approximate surface area is 102 Å². The van der Waals surface area contributed by atoms with Crippen LogP contribution >= 0.6 is 22.9 Å². The quantitative estimate of drug-likeness (QED) is 0.840. The molecule has 2 aromatic rings. The molecule has 0 saturated heterocycles. The number of ether oxygens (including phenoxy) is 1. The molecular weight excluding hydrogens is 244 g/mol. The molecule has 1 heterocycles. The van der Waals surface area contributed by atoms with E-state index in [4.69, 9.17) is 21.6 Å². The summed E-state index contributed by atoms with van der Waals surface area (Å²) in [5.41, 5.74) is 2.11. The number of thiazole rings is 1. The average Bonchev–Trinajstić information content (AvgIpc) is 2.79. The van der Waals surface area contributed by atoms with Crippen LogP contribution in [0.15, 0.2) is 29.9 Å². The van der Waals surface area contributed by atoms with Crippen molar-refractivity contribution in [2.45, 2.75) is 6.61 Å². The van der Waals surface area contributed by atoms with E-state index < -0.39 is 0 Å². The fourth-order valence-electron chi connectivity index (χ4n) is 1.20. The summed E-state index contributed by atoms with van der Waals surface area (Å²) < 4.78 is 5.52. The zero-order valence-corrected chi connectivity index (χ0v) is 9.76. The van der Waals surface area contributed by atoms with Crippen molar-refractivity contribution in [2.75, 3.05) is 0 Å². The summed E-state index contributed by atoms with van der Waals surface area (Å²) in [6, 6.07) is 7.17. The van der Waals surface area contributed by atoms with Crippen molar-refractivity contribution >= 4 is 22.9 Å². The monoisotopic (exact) mass is 250 g/mol. The molecule has 0 aliphatic rings. The Kier molecular flexibility index (Phi) is 3.40. The first-order chi connectivity index (χ1) is 7.81. The van der Waals surface area contributed by atoms with Crippen molar-refractivity contribution in [3.63, 3.8) is 0 Å². The van der Waals surface area contributed by atoms with Crippen molar-refractivity contribution in [3.8, 4) is 11.8 Å². The molecule has 0 saturated carbocycles. The molecule has 1 aromatic heterocycles. The molecule has 0 spiro atoms. The van der Waals surface area contributed by atoms with Gasteiger partial charge in [-0.1, -0.05) is 17.7 Å². The lowest BCUT2D eigenvalue weighted by Gasteiger charge is -2.06. The van der Waals surface area contributed by atoms with Gasteiger partial charge in [-0.05, 0) is 12.1 Å². The third-order valence-corrected chi connectivity index (χ3v) is 3.01. The van der Waals surface area contributed by atoms with Gasteiger partial charge in [0.05, 0.1) is 15.4 Å². The van der Waals surface area contributed by atoms with Crippen LogP contribution in [0.2, 0.25) is 5.02 Å². The Hall–Kier alpha value is -1.57. The molecule has 0 bridgehead atoms. The summed E-state index contributed by atoms with van der Waals surface area (Å²) in [6.07, 6.45) is 1.74. The van der Waals surface area contributed by atoms with E-state index in [0.717, 1.165) is 4.88 Å². The van der Waals surface area contributed by atoms with Gasteiger partial charge in [0.15, 0.2) is 0 Å². The number of nitrogens with zero attached hydrogens (tertiary/aromatic N) is 2. The van der Waals surface area contributed by atoms with E-state index in [1.54, 1.807) is 29.9 Å². The van der Waals surface area contributed by atoms with Crippen molar-refractivity contribution in [2.24, 2.45) is 0 Å². The molecule has 0 unspecified atom stereocenters. The van der Waals surface area contributed by atoms with E-state index in [9.17, 15) is 0 Å². The van der Waals surface area contributed by atoms with Crippen LogP contribution < -0.4 is 4.74 Å². The zero-order valence-electron chi connectivity index (χ0n) is 8.18. The highest BCUT2D eigenvalue weighted by molar-refractivity contribution is 7.09. The van der Waals surface area contributed by atoms with E-state index in [0.29, 0.717) is 22.9 Å². The van der Waals surface area contributed by atoms with E-state index in [1.807, 2.05) is 6.07 Å².